The molecular weight excluding hydrogens is 1400 g/mol. The molecule has 10 rings (SSSR count). The number of ether oxygens (including phenoxy) is 4. The third kappa shape index (κ3) is 19.0. The standard InChI is InChI=1S/C33H45BrN6O6.C26H41N3O9S.C8H8BrN3/c1-7-45-30(43)33-17-21(33)13-11-9-8-10-12-14-24(35-31(44)46-32(4,5)6)29(42)39-18-22(15-26(39)28(41)36-33)40-37-25-16-23(34)19(2)20(3)27(25)38-40;1-6-36-23(32)26-15-17(26)12-10-8-7-9-11-13-19(27-24(33)37-25(2,3)4)22(31)29-16-18(38-39(5,34)35)14-20(29)21(30)28-26;1-4-5(2)8-7(3-6(4)9)10-12-11-8/h11,13,16,21-22,24,26H,7-10,12,14-15,17-18H2,1-6H3,(H,35,44)(H,36,41);10,12,17-20H,6-9,11,13-16H2,1-5H3,(H,27,33)(H,28,30);3H,1-2H3,(H,10,11,12)/b13-11-;12-10-;/t21-,22?,24+,26?,33-;17-,18+,19+,20?,26-;/m11./s1. The highest BCUT2D eigenvalue weighted by Gasteiger charge is 2.63. The topological polar surface area (TPSA) is 344 Å². The molecule has 2 aliphatic carbocycles. The lowest BCUT2D eigenvalue weighted by Crippen LogP contribution is -2.56. The average Bonchev–Trinajstić information content (AvgIpc) is 1.57. The largest absolute Gasteiger partial charge is 0.464 e. The minimum absolute atomic E-state index is 0.0940. The van der Waals surface area contributed by atoms with Crippen LogP contribution in [-0.4, -0.2) is 181 Å². The van der Waals surface area contributed by atoms with E-state index in [2.05, 4.69) is 75.5 Å². The van der Waals surface area contributed by atoms with Crippen LogP contribution in [0.4, 0.5) is 9.59 Å². The van der Waals surface area contributed by atoms with E-state index in [1.807, 2.05) is 57.2 Å². The van der Waals surface area contributed by atoms with E-state index in [0.29, 0.717) is 44.0 Å². The van der Waals surface area contributed by atoms with Gasteiger partial charge in [-0.15, -0.1) is 0 Å². The maximum absolute atomic E-state index is 14.3. The molecule has 0 bridgehead atoms. The fraction of sp³-hybridized carbons (Fsp3) is 0.642. The highest BCUT2D eigenvalue weighted by Crippen LogP contribution is 2.48. The zero-order valence-electron chi connectivity index (χ0n) is 57.7. The van der Waals surface area contributed by atoms with Crippen molar-refractivity contribution >= 4 is 112 Å². The third-order valence-corrected chi connectivity index (χ3v) is 20.4. The van der Waals surface area contributed by atoms with Gasteiger partial charge in [0.15, 0.2) is 0 Å². The summed E-state index contributed by atoms with van der Waals surface area (Å²) in [6, 6.07) is -0.470. The van der Waals surface area contributed by atoms with Gasteiger partial charge in [-0.2, -0.15) is 38.8 Å². The lowest BCUT2D eigenvalue weighted by atomic mass is 10.0. The Balaban J connectivity index is 0.000000213. The quantitative estimate of drug-likeness (QED) is 0.0451. The molecule has 4 aromatic rings. The second-order valence-electron chi connectivity index (χ2n) is 27.9. The van der Waals surface area contributed by atoms with Gasteiger partial charge in [-0.25, -0.2) is 19.2 Å². The van der Waals surface area contributed by atoms with Crippen molar-refractivity contribution < 1.29 is 69.9 Å². The van der Waals surface area contributed by atoms with E-state index in [9.17, 15) is 46.8 Å². The Morgan fingerprint density at radius 3 is 1.57 bits per heavy atom. The maximum atomic E-state index is 14.3. The van der Waals surface area contributed by atoms with E-state index in [0.717, 1.165) is 81.4 Å². The van der Waals surface area contributed by atoms with Crippen LogP contribution in [0.25, 0.3) is 22.1 Å². The lowest BCUT2D eigenvalue weighted by molar-refractivity contribution is -0.150. The minimum Gasteiger partial charge on any atom is -0.464 e. The molecule has 0 spiro atoms. The molecule has 2 saturated heterocycles. The number of hydrogen-bond donors (Lipinski definition) is 5. The molecule has 0 radical (unpaired) electrons. The van der Waals surface area contributed by atoms with Crippen molar-refractivity contribution in [2.75, 3.05) is 32.6 Å². The van der Waals surface area contributed by atoms with Crippen molar-refractivity contribution in [1.82, 2.24) is 61.5 Å². The van der Waals surface area contributed by atoms with Crippen LogP contribution in [0.2, 0.25) is 0 Å². The fourth-order valence-corrected chi connectivity index (χ4v) is 14.3. The van der Waals surface area contributed by atoms with Gasteiger partial charge < -0.3 is 50.0 Å². The van der Waals surface area contributed by atoms with Crippen LogP contribution in [0.5, 0.6) is 0 Å². The van der Waals surface area contributed by atoms with Gasteiger partial charge in [-0.3, -0.25) is 23.4 Å². The number of hydrogen-bond acceptors (Lipinski definition) is 19. The summed E-state index contributed by atoms with van der Waals surface area (Å²) >= 11 is 7.07. The van der Waals surface area contributed by atoms with Gasteiger partial charge in [0, 0.05) is 46.7 Å². The van der Waals surface area contributed by atoms with E-state index in [1.54, 1.807) is 60.2 Å². The second-order valence-corrected chi connectivity index (χ2v) is 31.2. The Morgan fingerprint density at radius 1 is 0.629 bits per heavy atom. The van der Waals surface area contributed by atoms with E-state index in [1.165, 1.54) is 20.9 Å². The molecule has 6 amide bonds. The number of aromatic amines is 1. The zero-order chi connectivity index (χ0) is 71.1. The van der Waals surface area contributed by atoms with E-state index < -0.39 is 111 Å². The number of H-pyrrole nitrogens is 1. The predicted molar refractivity (Wildman–Crippen MR) is 367 cm³/mol. The number of esters is 2. The number of aryl methyl sites for hydroxylation is 2. The number of aromatic nitrogens is 6. The van der Waals surface area contributed by atoms with Crippen molar-refractivity contribution in [3.63, 3.8) is 0 Å². The Morgan fingerprint density at radius 2 is 1.09 bits per heavy atom. The van der Waals surface area contributed by atoms with Crippen LogP contribution in [0.1, 0.15) is 174 Å². The summed E-state index contributed by atoms with van der Waals surface area (Å²) in [6.45, 7) is 22.2. The molecule has 532 valence electrons. The fourth-order valence-electron chi connectivity index (χ4n) is 12.7. The summed E-state index contributed by atoms with van der Waals surface area (Å²) in [5, 5.41) is 31.5. The number of benzene rings is 2. The summed E-state index contributed by atoms with van der Waals surface area (Å²) in [6.07, 6.45) is 14.3. The van der Waals surface area contributed by atoms with E-state index in [4.69, 9.17) is 33.3 Å². The Labute approximate surface area is 583 Å². The molecule has 3 unspecified atom stereocenters. The average molecular weight is 1500 g/mol. The van der Waals surface area contributed by atoms with Crippen molar-refractivity contribution in [3.8, 4) is 0 Å². The Kier molecular flexibility index (Phi) is 24.5. The first-order chi connectivity index (χ1) is 45.6. The third-order valence-electron chi connectivity index (χ3n) is 18.1. The molecule has 30 heteroatoms. The lowest BCUT2D eigenvalue weighted by Gasteiger charge is -2.30. The molecule has 2 aromatic heterocycles. The normalized spacial score (nSPS) is 27.1. The molecular formula is C67H94Br2N12O15S. The molecule has 10 atom stereocenters. The van der Waals surface area contributed by atoms with Crippen molar-refractivity contribution in [1.29, 1.82) is 0 Å². The first kappa shape index (κ1) is 75.7. The molecule has 4 fully saturated rings. The summed E-state index contributed by atoms with van der Waals surface area (Å²) in [4.78, 5) is 112. The molecule has 2 aromatic carbocycles. The molecule has 6 aliphatic rings. The van der Waals surface area contributed by atoms with Crippen molar-refractivity contribution in [3.05, 3.63) is 67.6 Å². The van der Waals surface area contributed by atoms with Crippen LogP contribution in [0, 0.1) is 39.5 Å². The van der Waals surface area contributed by atoms with Gasteiger partial charge in [-0.05, 0) is 169 Å². The number of halogens is 2. The van der Waals surface area contributed by atoms with Gasteiger partial charge in [-0.1, -0.05) is 81.8 Å². The number of nitrogens with zero attached hydrogens (tertiary/aromatic N) is 7. The summed E-state index contributed by atoms with van der Waals surface area (Å²) < 4.78 is 52.3. The second kappa shape index (κ2) is 31.4. The molecule has 27 nitrogen and oxygen atoms in total. The highest BCUT2D eigenvalue weighted by molar-refractivity contribution is 9.10. The minimum atomic E-state index is -3.87. The molecule has 5 N–H and O–H groups in total. The SMILES string of the molecule is CCOC(=O)[C@@]12C[C@H]1/C=C\CCCCC[C@H](NC(=O)OC(C)(C)C)C(=O)N1CC(n3nc4cc(Br)c(C)c(C)c4n3)CC1C(=O)N2.CCOC(=O)[C@@]12C[C@H]1/C=C\CCCCC[C@H](NC(=O)OC(C)(C)C)C(=O)N1C[C@@H](OS(C)(=O)=O)CC1C(=O)N2.Cc1c(Br)cc2n[nH]nc2c1C. The monoisotopic (exact) mass is 1500 g/mol. The van der Waals surface area contributed by atoms with Crippen molar-refractivity contribution in [2.45, 2.75) is 232 Å². The van der Waals surface area contributed by atoms with Crippen molar-refractivity contribution in [2.24, 2.45) is 11.8 Å². The number of nitrogens with one attached hydrogen (secondary N) is 5. The summed E-state index contributed by atoms with van der Waals surface area (Å²) in [5.74, 6) is -3.46. The maximum Gasteiger partial charge on any atom is 0.408 e. The Hall–Kier alpha value is -7.05. The zero-order valence-corrected chi connectivity index (χ0v) is 61.7. The van der Waals surface area contributed by atoms with E-state index in [-0.39, 0.29) is 56.9 Å². The van der Waals surface area contributed by atoms with Gasteiger partial charge in [0.25, 0.3) is 10.1 Å². The number of fused-ring (bicyclic) bond motifs is 6. The highest BCUT2D eigenvalue weighted by atomic mass is 79.9. The number of alkyl carbamates (subject to hydrolysis) is 2. The van der Waals surface area contributed by atoms with Gasteiger partial charge in [0.05, 0.1) is 31.6 Å². The van der Waals surface area contributed by atoms with Crippen LogP contribution in [0.15, 0.2) is 45.4 Å². The number of allylic oxidation sites excluding steroid dienone is 2. The first-order valence-corrected chi connectivity index (χ1v) is 36.8. The molecule has 4 aliphatic heterocycles. The van der Waals surface area contributed by atoms with Gasteiger partial charge in [0.1, 0.15) is 68.5 Å². The van der Waals surface area contributed by atoms with Crippen LogP contribution in [0.3, 0.4) is 0 Å². The van der Waals surface area contributed by atoms with Crippen LogP contribution >= 0.6 is 31.9 Å². The smallest absolute Gasteiger partial charge is 0.408 e. The number of carbonyl (C=O) groups excluding carboxylic acids is 8. The van der Waals surface area contributed by atoms with Crippen LogP contribution < -0.4 is 21.3 Å². The van der Waals surface area contributed by atoms with Gasteiger partial charge >= 0.3 is 24.1 Å². The van der Waals surface area contributed by atoms with E-state index >= 15 is 0 Å². The van der Waals surface area contributed by atoms with Crippen LogP contribution in [-0.2, 0) is 62.0 Å². The number of carbonyl (C=O) groups is 8. The Bertz CT molecular complexity index is 3790. The molecule has 6 heterocycles. The first-order valence-electron chi connectivity index (χ1n) is 33.4. The number of amides is 6. The molecule has 97 heavy (non-hydrogen) atoms. The molecule has 2 saturated carbocycles. The predicted octanol–water partition coefficient (Wildman–Crippen LogP) is 8.93. The summed E-state index contributed by atoms with van der Waals surface area (Å²) in [7, 11) is -3.87. The summed E-state index contributed by atoms with van der Waals surface area (Å²) in [5.41, 5.74) is 3.79. The van der Waals surface area contributed by atoms with Gasteiger partial charge in [0.2, 0.25) is 23.6 Å². The number of rotatable bonds is 9.